The van der Waals surface area contributed by atoms with E-state index in [1.165, 1.54) is 0 Å². The highest BCUT2D eigenvalue weighted by Gasteiger charge is 2.17. The maximum atomic E-state index is 9.70. The number of aliphatic hydroxyl groups excluding tert-OH is 1. The van der Waals surface area contributed by atoms with Crippen LogP contribution in [0.1, 0.15) is 12.5 Å². The van der Waals surface area contributed by atoms with Crippen molar-refractivity contribution in [3.63, 3.8) is 0 Å². The Morgan fingerprint density at radius 3 is 2.11 bits per heavy atom. The van der Waals surface area contributed by atoms with Crippen LogP contribution in [0.3, 0.4) is 0 Å². The second kappa shape index (κ2) is 6.92. The van der Waals surface area contributed by atoms with E-state index in [-0.39, 0.29) is 0 Å². The average molecular weight is 258 g/mol. The van der Waals surface area contributed by atoms with Gasteiger partial charge in [-0.1, -0.05) is 48.5 Å². The number of benzene rings is 2. The minimum absolute atomic E-state index is 0.406. The van der Waals surface area contributed by atoms with E-state index in [4.69, 9.17) is 9.47 Å². The van der Waals surface area contributed by atoms with Gasteiger partial charge in [0.25, 0.3) is 0 Å². The van der Waals surface area contributed by atoms with Gasteiger partial charge in [-0.15, -0.1) is 0 Å². The van der Waals surface area contributed by atoms with Crippen LogP contribution >= 0.6 is 0 Å². The summed E-state index contributed by atoms with van der Waals surface area (Å²) in [7, 11) is 0. The number of hydrogen-bond acceptors (Lipinski definition) is 3. The summed E-state index contributed by atoms with van der Waals surface area (Å²) in [5.74, 6) is 0.682. The molecule has 0 spiro atoms. The lowest BCUT2D eigenvalue weighted by atomic mass is 10.2. The van der Waals surface area contributed by atoms with Crippen LogP contribution in [0.2, 0.25) is 0 Å². The van der Waals surface area contributed by atoms with E-state index in [9.17, 15) is 5.11 Å². The topological polar surface area (TPSA) is 38.7 Å². The SMILES string of the molecule is CC(O)C(OCc1ccccc1)Oc1ccccc1. The third kappa shape index (κ3) is 4.39. The van der Waals surface area contributed by atoms with Crippen LogP contribution in [-0.2, 0) is 11.3 Å². The number of aliphatic hydroxyl groups is 1. The van der Waals surface area contributed by atoms with Crippen molar-refractivity contribution in [2.75, 3.05) is 0 Å². The van der Waals surface area contributed by atoms with Crippen LogP contribution in [-0.4, -0.2) is 17.5 Å². The van der Waals surface area contributed by atoms with Crippen LogP contribution < -0.4 is 4.74 Å². The molecule has 0 heterocycles. The fourth-order valence-electron chi connectivity index (χ4n) is 1.66. The minimum atomic E-state index is -0.705. The van der Waals surface area contributed by atoms with E-state index in [1.807, 2.05) is 60.7 Å². The Hall–Kier alpha value is -1.84. The Balaban J connectivity index is 1.93. The molecule has 0 fully saturated rings. The highest BCUT2D eigenvalue weighted by molar-refractivity contribution is 5.21. The largest absolute Gasteiger partial charge is 0.462 e. The normalized spacial score (nSPS) is 13.8. The molecule has 2 aromatic carbocycles. The summed E-state index contributed by atoms with van der Waals surface area (Å²) in [6.07, 6.45) is -1.38. The third-order valence-electron chi connectivity index (χ3n) is 2.65. The van der Waals surface area contributed by atoms with Gasteiger partial charge < -0.3 is 14.6 Å². The van der Waals surface area contributed by atoms with Gasteiger partial charge in [0.05, 0.1) is 6.61 Å². The molecule has 0 aliphatic heterocycles. The van der Waals surface area contributed by atoms with Gasteiger partial charge in [0.2, 0.25) is 6.29 Å². The Morgan fingerprint density at radius 1 is 0.947 bits per heavy atom. The monoisotopic (exact) mass is 258 g/mol. The highest BCUT2D eigenvalue weighted by Crippen LogP contribution is 2.14. The summed E-state index contributed by atoms with van der Waals surface area (Å²) in [5, 5.41) is 9.70. The van der Waals surface area contributed by atoms with Crippen LogP contribution in [0.25, 0.3) is 0 Å². The van der Waals surface area contributed by atoms with Crippen molar-refractivity contribution in [2.45, 2.75) is 25.9 Å². The number of rotatable bonds is 6. The zero-order valence-corrected chi connectivity index (χ0v) is 10.9. The van der Waals surface area contributed by atoms with Gasteiger partial charge in [-0.05, 0) is 24.6 Å². The van der Waals surface area contributed by atoms with Crippen molar-refractivity contribution in [2.24, 2.45) is 0 Å². The molecule has 0 amide bonds. The number of hydrogen-bond donors (Lipinski definition) is 1. The summed E-state index contributed by atoms with van der Waals surface area (Å²) in [4.78, 5) is 0. The molecular weight excluding hydrogens is 240 g/mol. The summed E-state index contributed by atoms with van der Waals surface area (Å²) in [5.41, 5.74) is 1.05. The fourth-order valence-corrected chi connectivity index (χ4v) is 1.66. The van der Waals surface area contributed by atoms with Gasteiger partial charge in [0.1, 0.15) is 11.9 Å². The number of ether oxygens (including phenoxy) is 2. The van der Waals surface area contributed by atoms with Gasteiger partial charge in [-0.3, -0.25) is 0 Å². The molecule has 0 radical (unpaired) electrons. The van der Waals surface area contributed by atoms with Crippen LogP contribution in [0.5, 0.6) is 5.75 Å². The lowest BCUT2D eigenvalue weighted by Crippen LogP contribution is -2.32. The molecule has 3 heteroatoms. The van der Waals surface area contributed by atoms with E-state index in [0.717, 1.165) is 5.56 Å². The minimum Gasteiger partial charge on any atom is -0.462 e. The standard InChI is InChI=1S/C16H18O3/c1-13(17)16(19-15-10-6-3-7-11-15)18-12-14-8-4-2-5-9-14/h2-11,13,16-17H,12H2,1H3. The van der Waals surface area contributed by atoms with Gasteiger partial charge >= 0.3 is 0 Å². The van der Waals surface area contributed by atoms with E-state index in [1.54, 1.807) is 6.92 Å². The third-order valence-corrected chi connectivity index (χ3v) is 2.65. The van der Waals surface area contributed by atoms with E-state index < -0.39 is 12.4 Å². The van der Waals surface area contributed by atoms with Gasteiger partial charge in [-0.25, -0.2) is 0 Å². The quantitative estimate of drug-likeness (QED) is 0.809. The maximum Gasteiger partial charge on any atom is 0.226 e. The summed E-state index contributed by atoms with van der Waals surface area (Å²) in [6, 6.07) is 19.1. The van der Waals surface area contributed by atoms with Crippen molar-refractivity contribution in [3.05, 3.63) is 66.2 Å². The molecule has 0 aliphatic carbocycles. The molecule has 0 saturated carbocycles. The molecule has 0 saturated heterocycles. The summed E-state index contributed by atoms with van der Waals surface area (Å²) < 4.78 is 11.2. The molecule has 2 aromatic rings. The number of para-hydroxylation sites is 1. The van der Waals surface area contributed by atoms with E-state index in [0.29, 0.717) is 12.4 Å². The highest BCUT2D eigenvalue weighted by atomic mass is 16.7. The first-order valence-electron chi connectivity index (χ1n) is 6.31. The smallest absolute Gasteiger partial charge is 0.226 e. The van der Waals surface area contributed by atoms with Crippen LogP contribution in [0.15, 0.2) is 60.7 Å². The zero-order valence-electron chi connectivity index (χ0n) is 10.9. The molecule has 0 bridgehead atoms. The van der Waals surface area contributed by atoms with E-state index in [2.05, 4.69) is 0 Å². The van der Waals surface area contributed by atoms with Crippen LogP contribution in [0.4, 0.5) is 0 Å². The Morgan fingerprint density at radius 2 is 1.53 bits per heavy atom. The average Bonchev–Trinajstić information content (AvgIpc) is 2.45. The van der Waals surface area contributed by atoms with E-state index >= 15 is 0 Å². The van der Waals surface area contributed by atoms with Gasteiger partial charge in [0.15, 0.2) is 0 Å². The Bertz CT molecular complexity index is 468. The molecule has 2 unspecified atom stereocenters. The van der Waals surface area contributed by atoms with Crippen molar-refractivity contribution in [1.82, 2.24) is 0 Å². The molecule has 0 aliphatic rings. The fraction of sp³-hybridized carbons (Fsp3) is 0.250. The van der Waals surface area contributed by atoms with Crippen molar-refractivity contribution in [1.29, 1.82) is 0 Å². The lowest BCUT2D eigenvalue weighted by Gasteiger charge is -2.22. The maximum absolute atomic E-state index is 9.70. The zero-order chi connectivity index (χ0) is 13.5. The molecule has 3 nitrogen and oxygen atoms in total. The second-order valence-electron chi connectivity index (χ2n) is 4.34. The molecule has 19 heavy (non-hydrogen) atoms. The first-order valence-corrected chi connectivity index (χ1v) is 6.31. The van der Waals surface area contributed by atoms with Gasteiger partial charge in [-0.2, -0.15) is 0 Å². The van der Waals surface area contributed by atoms with Gasteiger partial charge in [0, 0.05) is 0 Å². The predicted octanol–water partition coefficient (Wildman–Crippen LogP) is 2.99. The predicted molar refractivity (Wildman–Crippen MR) is 73.8 cm³/mol. The molecule has 2 rings (SSSR count). The first-order chi connectivity index (χ1) is 9.25. The molecule has 1 N–H and O–H groups in total. The molecule has 2 atom stereocenters. The van der Waals surface area contributed by atoms with Crippen LogP contribution in [0, 0.1) is 0 Å². The Labute approximate surface area is 113 Å². The van der Waals surface area contributed by atoms with Crippen molar-refractivity contribution in [3.8, 4) is 5.75 Å². The summed E-state index contributed by atoms with van der Waals surface area (Å²) >= 11 is 0. The molecular formula is C16H18O3. The lowest BCUT2D eigenvalue weighted by molar-refractivity contribution is -0.146. The van der Waals surface area contributed by atoms with Crippen molar-refractivity contribution >= 4 is 0 Å². The second-order valence-corrected chi connectivity index (χ2v) is 4.34. The molecule has 0 aromatic heterocycles. The first kappa shape index (κ1) is 13.6. The summed E-state index contributed by atoms with van der Waals surface area (Å²) in [6.45, 7) is 2.06. The van der Waals surface area contributed by atoms with Crippen molar-refractivity contribution < 1.29 is 14.6 Å². The molecule has 100 valence electrons. The Kier molecular flexibility index (Phi) is 4.95.